The van der Waals surface area contributed by atoms with Gasteiger partial charge in [0.25, 0.3) is 5.69 Å². The van der Waals surface area contributed by atoms with Crippen molar-refractivity contribution in [1.82, 2.24) is 0 Å². The van der Waals surface area contributed by atoms with Gasteiger partial charge in [-0.25, -0.2) is 0 Å². The molecule has 0 atom stereocenters. The van der Waals surface area contributed by atoms with Crippen LogP contribution in [0, 0.1) is 29.4 Å². The second-order valence-electron chi connectivity index (χ2n) is 3.20. The summed E-state index contributed by atoms with van der Waals surface area (Å²) in [6.45, 7) is 2.44. The molecule has 0 aliphatic heterocycles. The van der Waals surface area contributed by atoms with Crippen LogP contribution in [0.15, 0.2) is 18.2 Å². The fourth-order valence-corrected chi connectivity index (χ4v) is 1.25. The molecule has 0 saturated heterocycles. The first kappa shape index (κ1) is 11.1. The zero-order valence-electron chi connectivity index (χ0n) is 8.49. The Morgan fingerprint density at radius 1 is 1.53 bits per heavy atom. The van der Waals surface area contributed by atoms with Crippen LogP contribution >= 0.6 is 0 Å². The van der Waals surface area contributed by atoms with Gasteiger partial charge in [-0.05, 0) is 18.6 Å². The van der Waals surface area contributed by atoms with E-state index < -0.39 is 4.92 Å². The summed E-state index contributed by atoms with van der Waals surface area (Å²) < 4.78 is 0. The number of aryl methyl sites for hydroxylation is 1. The van der Waals surface area contributed by atoms with Crippen LogP contribution in [0.1, 0.15) is 12.0 Å². The number of non-ortho nitro benzene ring substituents is 1. The maximum atomic E-state index is 10.6. The number of nitro benzene ring substituents is 1. The molecule has 1 rings (SSSR count). The molecule has 0 bridgehead atoms. The summed E-state index contributed by atoms with van der Waals surface area (Å²) in [7, 11) is 0. The second kappa shape index (κ2) is 5.01. The van der Waals surface area contributed by atoms with Gasteiger partial charge >= 0.3 is 0 Å². The molecule has 0 aliphatic carbocycles. The molecule has 1 aromatic carbocycles. The lowest BCUT2D eigenvalue weighted by molar-refractivity contribution is -0.384. The second-order valence-corrected chi connectivity index (χ2v) is 3.20. The predicted octanol–water partition coefficient (Wildman–Crippen LogP) is 2.34. The highest BCUT2D eigenvalue weighted by Crippen LogP contribution is 2.20. The van der Waals surface area contributed by atoms with Crippen molar-refractivity contribution < 1.29 is 4.92 Å². The van der Waals surface area contributed by atoms with Gasteiger partial charge in [-0.3, -0.25) is 10.1 Å². The molecule has 0 heterocycles. The Hall–Kier alpha value is -2.02. The van der Waals surface area contributed by atoms with Crippen LogP contribution < -0.4 is 5.32 Å². The topological polar surface area (TPSA) is 55.2 Å². The van der Waals surface area contributed by atoms with Crippen LogP contribution in [0.4, 0.5) is 11.4 Å². The van der Waals surface area contributed by atoms with E-state index in [0.717, 1.165) is 11.3 Å². The lowest BCUT2D eigenvalue weighted by Crippen LogP contribution is -2.01. The standard InChI is InChI=1S/C11H12N2O2/c1-3-4-5-12-10-6-9(2)7-11(8-10)13(14)15/h1,6-8,12H,4-5H2,2H3. The third-order valence-corrected chi connectivity index (χ3v) is 1.87. The molecule has 0 spiro atoms. The number of nitro groups is 1. The monoisotopic (exact) mass is 204 g/mol. The molecule has 0 aromatic heterocycles. The SMILES string of the molecule is C#CCCNc1cc(C)cc([N+](=O)[O-])c1. The van der Waals surface area contributed by atoms with Crippen LogP contribution in [0.25, 0.3) is 0 Å². The van der Waals surface area contributed by atoms with Crippen LogP contribution in [-0.4, -0.2) is 11.5 Å². The van der Waals surface area contributed by atoms with E-state index in [1.165, 1.54) is 12.1 Å². The minimum atomic E-state index is -0.403. The van der Waals surface area contributed by atoms with E-state index in [9.17, 15) is 10.1 Å². The number of hydrogen-bond donors (Lipinski definition) is 1. The van der Waals surface area contributed by atoms with Crippen LogP contribution in [0.5, 0.6) is 0 Å². The minimum Gasteiger partial charge on any atom is -0.384 e. The van der Waals surface area contributed by atoms with Gasteiger partial charge < -0.3 is 5.32 Å². The van der Waals surface area contributed by atoms with Crippen LogP contribution in [0.2, 0.25) is 0 Å². The van der Waals surface area contributed by atoms with E-state index in [0.29, 0.717) is 13.0 Å². The van der Waals surface area contributed by atoms with Gasteiger partial charge in [-0.1, -0.05) is 0 Å². The molecular formula is C11H12N2O2. The fourth-order valence-electron chi connectivity index (χ4n) is 1.25. The number of nitrogens with one attached hydrogen (secondary N) is 1. The van der Waals surface area contributed by atoms with E-state index in [1.54, 1.807) is 0 Å². The molecule has 78 valence electrons. The highest BCUT2D eigenvalue weighted by molar-refractivity contribution is 5.53. The molecule has 0 amide bonds. The van der Waals surface area contributed by atoms with Crippen molar-refractivity contribution in [2.24, 2.45) is 0 Å². The van der Waals surface area contributed by atoms with Crippen molar-refractivity contribution in [3.8, 4) is 12.3 Å². The first-order valence-electron chi connectivity index (χ1n) is 4.57. The van der Waals surface area contributed by atoms with E-state index >= 15 is 0 Å². The van der Waals surface area contributed by atoms with Gasteiger partial charge in [0, 0.05) is 30.8 Å². The van der Waals surface area contributed by atoms with E-state index in [1.807, 2.05) is 13.0 Å². The Labute approximate surface area is 88.5 Å². The quantitative estimate of drug-likeness (QED) is 0.354. The minimum absolute atomic E-state index is 0.0956. The number of hydrogen-bond acceptors (Lipinski definition) is 3. The molecule has 0 aliphatic rings. The molecule has 0 radical (unpaired) electrons. The highest BCUT2D eigenvalue weighted by Gasteiger charge is 2.07. The van der Waals surface area contributed by atoms with Crippen LogP contribution in [0.3, 0.4) is 0 Å². The summed E-state index contributed by atoms with van der Waals surface area (Å²) in [6.07, 6.45) is 5.70. The summed E-state index contributed by atoms with van der Waals surface area (Å²) in [5.41, 5.74) is 1.68. The largest absolute Gasteiger partial charge is 0.384 e. The molecule has 4 nitrogen and oxygen atoms in total. The Bertz CT molecular complexity index is 408. The number of benzene rings is 1. The summed E-state index contributed by atoms with van der Waals surface area (Å²) >= 11 is 0. The molecule has 0 saturated carbocycles. The number of terminal acetylenes is 1. The number of anilines is 1. The summed E-state index contributed by atoms with van der Waals surface area (Å²) in [5.74, 6) is 2.49. The molecule has 0 fully saturated rings. The van der Waals surface area contributed by atoms with Crippen molar-refractivity contribution in [1.29, 1.82) is 0 Å². The average Bonchev–Trinajstić information content (AvgIpc) is 2.17. The Kier molecular flexibility index (Phi) is 3.69. The van der Waals surface area contributed by atoms with Crippen molar-refractivity contribution >= 4 is 11.4 Å². The molecular weight excluding hydrogens is 192 g/mol. The maximum absolute atomic E-state index is 10.6. The Balaban J connectivity index is 2.80. The highest BCUT2D eigenvalue weighted by atomic mass is 16.6. The molecule has 4 heteroatoms. The van der Waals surface area contributed by atoms with Gasteiger partial charge in [0.1, 0.15) is 0 Å². The lowest BCUT2D eigenvalue weighted by Gasteiger charge is -2.05. The van der Waals surface area contributed by atoms with Gasteiger partial charge in [0.05, 0.1) is 4.92 Å². The van der Waals surface area contributed by atoms with Gasteiger partial charge in [-0.15, -0.1) is 12.3 Å². The average molecular weight is 204 g/mol. The van der Waals surface area contributed by atoms with Gasteiger partial charge in [0.2, 0.25) is 0 Å². The van der Waals surface area contributed by atoms with E-state index in [-0.39, 0.29) is 5.69 Å². The summed E-state index contributed by atoms with van der Waals surface area (Å²) in [4.78, 5) is 10.2. The normalized spacial score (nSPS) is 9.33. The van der Waals surface area contributed by atoms with E-state index in [2.05, 4.69) is 11.2 Å². The zero-order chi connectivity index (χ0) is 11.3. The first-order chi connectivity index (χ1) is 7.13. The Morgan fingerprint density at radius 3 is 2.87 bits per heavy atom. The smallest absolute Gasteiger partial charge is 0.271 e. The predicted molar refractivity (Wildman–Crippen MR) is 59.8 cm³/mol. The van der Waals surface area contributed by atoms with Crippen molar-refractivity contribution in [3.63, 3.8) is 0 Å². The number of rotatable bonds is 4. The lowest BCUT2D eigenvalue weighted by atomic mass is 10.2. The fraction of sp³-hybridized carbons (Fsp3) is 0.273. The van der Waals surface area contributed by atoms with Crippen molar-refractivity contribution in [2.45, 2.75) is 13.3 Å². The van der Waals surface area contributed by atoms with E-state index in [4.69, 9.17) is 6.42 Å². The van der Waals surface area contributed by atoms with Crippen molar-refractivity contribution in [3.05, 3.63) is 33.9 Å². The molecule has 1 N–H and O–H groups in total. The number of nitrogens with zero attached hydrogens (tertiary/aromatic N) is 1. The zero-order valence-corrected chi connectivity index (χ0v) is 8.49. The summed E-state index contributed by atoms with van der Waals surface area (Å²) in [6, 6.07) is 4.89. The molecule has 15 heavy (non-hydrogen) atoms. The van der Waals surface area contributed by atoms with Gasteiger partial charge in [-0.2, -0.15) is 0 Å². The van der Waals surface area contributed by atoms with Gasteiger partial charge in [0.15, 0.2) is 0 Å². The first-order valence-corrected chi connectivity index (χ1v) is 4.57. The van der Waals surface area contributed by atoms with Crippen LogP contribution in [-0.2, 0) is 0 Å². The Morgan fingerprint density at radius 2 is 2.27 bits per heavy atom. The third kappa shape index (κ3) is 3.31. The third-order valence-electron chi connectivity index (χ3n) is 1.87. The maximum Gasteiger partial charge on any atom is 0.271 e. The van der Waals surface area contributed by atoms with Crippen molar-refractivity contribution in [2.75, 3.05) is 11.9 Å². The molecule has 1 aromatic rings. The molecule has 0 unspecified atom stereocenters. The summed E-state index contributed by atoms with van der Waals surface area (Å²) in [5, 5.41) is 13.6.